The van der Waals surface area contributed by atoms with Gasteiger partial charge in [-0.2, -0.15) is 0 Å². The van der Waals surface area contributed by atoms with Gasteiger partial charge in [0.15, 0.2) is 0 Å². The minimum Gasteiger partial charge on any atom is -0.355 e. The zero-order valence-electron chi connectivity index (χ0n) is 13.7. The Bertz CT molecular complexity index is 696. The molecule has 24 heavy (non-hydrogen) atoms. The minimum absolute atomic E-state index is 0.249. The number of hydrogen-bond donors (Lipinski definition) is 1. The highest BCUT2D eigenvalue weighted by molar-refractivity contribution is 6.31. The quantitative estimate of drug-likeness (QED) is 0.924. The van der Waals surface area contributed by atoms with Crippen LogP contribution in [0.15, 0.2) is 36.7 Å². The molecule has 0 saturated carbocycles. The molecular weight excluding hydrogens is 324 g/mol. The van der Waals surface area contributed by atoms with Gasteiger partial charge in [-0.3, -0.25) is 4.79 Å². The molecule has 1 aliphatic heterocycles. The summed E-state index contributed by atoms with van der Waals surface area (Å²) >= 11 is 6.09. The average molecular weight is 345 g/mol. The summed E-state index contributed by atoms with van der Waals surface area (Å²) in [7, 11) is 0. The Morgan fingerprint density at radius 3 is 2.67 bits per heavy atom. The van der Waals surface area contributed by atoms with Crippen molar-refractivity contribution >= 4 is 23.3 Å². The summed E-state index contributed by atoms with van der Waals surface area (Å²) in [6.45, 7) is 4.63. The fourth-order valence-corrected chi connectivity index (χ4v) is 2.95. The number of nitrogens with one attached hydrogen (secondary N) is 1. The van der Waals surface area contributed by atoms with Crippen molar-refractivity contribution in [3.05, 3.63) is 52.9 Å². The number of anilines is 1. The molecule has 0 aliphatic carbocycles. The molecule has 0 radical (unpaired) electrons. The van der Waals surface area contributed by atoms with Crippen molar-refractivity contribution in [1.29, 1.82) is 0 Å². The smallest absolute Gasteiger partial charge is 0.271 e. The Balaban J connectivity index is 1.59. The molecule has 0 unspecified atom stereocenters. The van der Waals surface area contributed by atoms with Gasteiger partial charge in [-0.25, -0.2) is 9.97 Å². The normalized spacial score (nSPS) is 15.3. The molecular formula is C18H21ClN4O. The lowest BCUT2D eigenvalue weighted by Gasteiger charge is -2.30. The van der Waals surface area contributed by atoms with Crippen LogP contribution in [-0.2, 0) is 6.54 Å². The predicted octanol–water partition coefficient (Wildman–Crippen LogP) is 3.30. The number of aromatic nitrogens is 2. The van der Waals surface area contributed by atoms with E-state index < -0.39 is 0 Å². The van der Waals surface area contributed by atoms with Crippen LogP contribution in [0.4, 0.5) is 5.82 Å². The van der Waals surface area contributed by atoms with Crippen molar-refractivity contribution in [3.63, 3.8) is 0 Å². The second-order valence-corrected chi connectivity index (χ2v) is 6.61. The van der Waals surface area contributed by atoms with Crippen LogP contribution >= 0.6 is 11.6 Å². The molecule has 5 nitrogen and oxygen atoms in total. The molecule has 1 fully saturated rings. The van der Waals surface area contributed by atoms with Crippen LogP contribution in [0.25, 0.3) is 0 Å². The van der Waals surface area contributed by atoms with Crippen LogP contribution in [0.1, 0.15) is 35.8 Å². The third-order valence-electron chi connectivity index (χ3n) is 4.38. The van der Waals surface area contributed by atoms with Gasteiger partial charge in [0.05, 0.1) is 12.4 Å². The summed E-state index contributed by atoms with van der Waals surface area (Å²) in [5.41, 5.74) is 1.19. The highest BCUT2D eigenvalue weighted by Gasteiger charge is 2.17. The molecule has 1 aromatic heterocycles. The van der Waals surface area contributed by atoms with E-state index in [-0.39, 0.29) is 5.91 Å². The van der Waals surface area contributed by atoms with Crippen molar-refractivity contribution in [2.45, 2.75) is 26.3 Å². The summed E-state index contributed by atoms with van der Waals surface area (Å²) in [5, 5.41) is 3.46. The molecule has 1 aromatic carbocycles. The third-order valence-corrected chi connectivity index (χ3v) is 4.74. The van der Waals surface area contributed by atoms with Gasteiger partial charge in [-0.15, -0.1) is 0 Å². The van der Waals surface area contributed by atoms with Crippen LogP contribution in [0.5, 0.6) is 0 Å². The van der Waals surface area contributed by atoms with Crippen molar-refractivity contribution in [1.82, 2.24) is 15.3 Å². The van der Waals surface area contributed by atoms with E-state index in [1.807, 2.05) is 18.2 Å². The van der Waals surface area contributed by atoms with E-state index >= 15 is 0 Å². The van der Waals surface area contributed by atoms with Crippen molar-refractivity contribution < 1.29 is 4.79 Å². The maximum Gasteiger partial charge on any atom is 0.271 e. The molecule has 1 N–H and O–H groups in total. The first-order valence-corrected chi connectivity index (χ1v) is 8.60. The monoisotopic (exact) mass is 344 g/mol. The Hall–Kier alpha value is -2.14. The van der Waals surface area contributed by atoms with Gasteiger partial charge in [0.25, 0.3) is 5.91 Å². The lowest BCUT2D eigenvalue weighted by Crippen LogP contribution is -2.33. The number of benzene rings is 1. The fourth-order valence-electron chi connectivity index (χ4n) is 2.75. The number of rotatable bonds is 4. The van der Waals surface area contributed by atoms with E-state index in [1.54, 1.807) is 12.3 Å². The summed E-state index contributed by atoms with van der Waals surface area (Å²) in [6.07, 6.45) is 5.55. The zero-order valence-corrected chi connectivity index (χ0v) is 14.5. The molecule has 1 saturated heterocycles. The number of carbonyl (C=O) groups is 1. The zero-order chi connectivity index (χ0) is 16.9. The summed E-state index contributed by atoms with van der Waals surface area (Å²) in [4.78, 5) is 23.1. The van der Waals surface area contributed by atoms with Crippen molar-refractivity contribution in [2.24, 2.45) is 5.92 Å². The molecule has 1 aliphatic rings. The number of piperidine rings is 1. The van der Waals surface area contributed by atoms with Gasteiger partial charge in [0.2, 0.25) is 0 Å². The van der Waals surface area contributed by atoms with Gasteiger partial charge >= 0.3 is 0 Å². The minimum atomic E-state index is -0.249. The van der Waals surface area contributed by atoms with Crippen LogP contribution in [0.2, 0.25) is 5.02 Å². The van der Waals surface area contributed by atoms with Gasteiger partial charge in [-0.05, 0) is 30.4 Å². The van der Waals surface area contributed by atoms with Gasteiger partial charge in [-0.1, -0.05) is 36.7 Å². The van der Waals surface area contributed by atoms with E-state index in [0.717, 1.165) is 30.4 Å². The fraction of sp³-hybridized carbons (Fsp3) is 0.389. The number of hydrogen-bond acceptors (Lipinski definition) is 4. The second kappa shape index (κ2) is 7.62. The number of halogens is 1. The Labute approximate surface area is 147 Å². The van der Waals surface area contributed by atoms with E-state index in [0.29, 0.717) is 17.3 Å². The van der Waals surface area contributed by atoms with Crippen molar-refractivity contribution in [3.8, 4) is 0 Å². The lowest BCUT2D eigenvalue weighted by atomic mass is 9.99. The maximum atomic E-state index is 12.2. The van der Waals surface area contributed by atoms with Crippen LogP contribution in [0.3, 0.4) is 0 Å². The molecule has 1 amide bonds. The first-order chi connectivity index (χ1) is 11.6. The average Bonchev–Trinajstić information content (AvgIpc) is 2.62. The first-order valence-electron chi connectivity index (χ1n) is 8.22. The Morgan fingerprint density at radius 1 is 1.25 bits per heavy atom. The van der Waals surface area contributed by atoms with Gasteiger partial charge in [0, 0.05) is 24.7 Å². The van der Waals surface area contributed by atoms with E-state index in [9.17, 15) is 4.79 Å². The lowest BCUT2D eigenvalue weighted by molar-refractivity contribution is 0.0945. The van der Waals surface area contributed by atoms with Gasteiger partial charge < -0.3 is 10.2 Å². The van der Waals surface area contributed by atoms with E-state index in [2.05, 4.69) is 27.1 Å². The molecule has 0 bridgehead atoms. The van der Waals surface area contributed by atoms with E-state index in [4.69, 9.17) is 11.6 Å². The molecule has 2 aromatic rings. The molecule has 0 atom stereocenters. The Morgan fingerprint density at radius 2 is 2.00 bits per heavy atom. The van der Waals surface area contributed by atoms with E-state index in [1.165, 1.54) is 19.0 Å². The highest BCUT2D eigenvalue weighted by atomic mass is 35.5. The second-order valence-electron chi connectivity index (χ2n) is 6.20. The molecule has 2 heterocycles. The maximum absolute atomic E-state index is 12.2. The van der Waals surface area contributed by atoms with Crippen LogP contribution in [-0.4, -0.2) is 29.0 Å². The van der Waals surface area contributed by atoms with Crippen LogP contribution < -0.4 is 10.2 Å². The topological polar surface area (TPSA) is 58.1 Å². The molecule has 126 valence electrons. The molecule has 3 rings (SSSR count). The first kappa shape index (κ1) is 16.7. The predicted molar refractivity (Wildman–Crippen MR) is 95.3 cm³/mol. The number of amides is 1. The summed E-state index contributed by atoms with van der Waals surface area (Å²) < 4.78 is 0. The molecule has 0 spiro atoms. The largest absolute Gasteiger partial charge is 0.355 e. The Kier molecular flexibility index (Phi) is 5.30. The summed E-state index contributed by atoms with van der Waals surface area (Å²) in [5.74, 6) is 1.36. The summed E-state index contributed by atoms with van der Waals surface area (Å²) in [6, 6.07) is 7.44. The number of nitrogens with zero attached hydrogens (tertiary/aromatic N) is 3. The SMILES string of the molecule is CC1CCN(c2cnc(C(=O)NCc3ccccc3Cl)cn2)CC1. The molecule has 6 heteroatoms. The number of carbonyl (C=O) groups excluding carboxylic acids is 1. The third kappa shape index (κ3) is 4.03. The van der Waals surface area contributed by atoms with Crippen molar-refractivity contribution in [2.75, 3.05) is 18.0 Å². The van der Waals surface area contributed by atoms with Crippen LogP contribution in [0, 0.1) is 5.92 Å². The van der Waals surface area contributed by atoms with Gasteiger partial charge in [0.1, 0.15) is 11.5 Å². The highest BCUT2D eigenvalue weighted by Crippen LogP contribution is 2.20. The standard InChI is InChI=1S/C18H21ClN4O/c1-13-6-8-23(9-7-13)17-12-20-16(11-21-17)18(24)22-10-14-4-2-3-5-15(14)19/h2-5,11-13H,6-10H2,1H3,(H,22,24).